The number of hydrogen-bond donors (Lipinski definition) is 1. The number of carbonyl (C=O) groups excluding carboxylic acids is 2. The molecule has 0 aromatic carbocycles. The van der Waals surface area contributed by atoms with Gasteiger partial charge in [-0.1, -0.05) is 13.8 Å². The number of nitrogens with one attached hydrogen (secondary N) is 1. The van der Waals surface area contributed by atoms with Crippen molar-refractivity contribution in [3.63, 3.8) is 0 Å². The fourth-order valence-corrected chi connectivity index (χ4v) is 1.37. The molecule has 0 saturated heterocycles. The molecule has 17 heavy (non-hydrogen) atoms. The molecule has 0 spiro atoms. The zero-order chi connectivity index (χ0) is 13.6. The molecule has 0 heterocycles. The van der Waals surface area contributed by atoms with E-state index in [9.17, 15) is 9.59 Å². The van der Waals surface area contributed by atoms with Crippen molar-refractivity contribution in [1.82, 2.24) is 5.32 Å². The predicted octanol–water partition coefficient (Wildman–Crippen LogP) is 2.10. The molecule has 1 N–H and O–H groups in total. The van der Waals surface area contributed by atoms with Gasteiger partial charge in [-0.05, 0) is 33.1 Å². The second-order valence-corrected chi connectivity index (χ2v) is 5.68. The van der Waals surface area contributed by atoms with Crippen LogP contribution in [0.15, 0.2) is 0 Å². The molecule has 1 amide bonds. The van der Waals surface area contributed by atoms with Crippen LogP contribution in [-0.4, -0.2) is 29.4 Å². The van der Waals surface area contributed by atoms with E-state index >= 15 is 0 Å². The summed E-state index contributed by atoms with van der Waals surface area (Å²) in [5.41, 5.74) is -0.558. The Hall–Kier alpha value is -0.770. The van der Waals surface area contributed by atoms with Gasteiger partial charge in [-0.15, -0.1) is 11.6 Å². The van der Waals surface area contributed by atoms with E-state index in [-0.39, 0.29) is 17.7 Å². The zero-order valence-corrected chi connectivity index (χ0v) is 11.9. The topological polar surface area (TPSA) is 55.4 Å². The third kappa shape index (κ3) is 8.02. The van der Waals surface area contributed by atoms with Gasteiger partial charge in [0.2, 0.25) is 5.91 Å². The van der Waals surface area contributed by atoms with Crippen molar-refractivity contribution in [3.8, 4) is 0 Å². The highest BCUT2D eigenvalue weighted by Crippen LogP contribution is 2.12. The number of halogens is 1. The Bertz CT molecular complexity index is 271. The van der Waals surface area contributed by atoms with Gasteiger partial charge in [0.25, 0.3) is 0 Å². The molecule has 5 heteroatoms. The molecule has 0 fully saturated rings. The summed E-state index contributed by atoms with van der Waals surface area (Å²) in [5, 5.41) is 2.57. The van der Waals surface area contributed by atoms with Crippen LogP contribution in [0.5, 0.6) is 0 Å². The average molecular weight is 264 g/mol. The van der Waals surface area contributed by atoms with Crippen molar-refractivity contribution < 1.29 is 14.3 Å². The standard InChI is InChI=1S/C12H22ClNO3/c1-8(2)6-9(14-10(15)7-13)11(16)17-12(3,4)5/h8-9H,6-7H2,1-5H3,(H,14,15)/t9-/m1/s1. The van der Waals surface area contributed by atoms with E-state index in [1.807, 2.05) is 13.8 Å². The van der Waals surface area contributed by atoms with Gasteiger partial charge in [0, 0.05) is 0 Å². The molecular formula is C12H22ClNO3. The molecule has 0 aliphatic heterocycles. The fourth-order valence-electron chi connectivity index (χ4n) is 1.29. The molecule has 0 aromatic rings. The van der Waals surface area contributed by atoms with Crippen LogP contribution >= 0.6 is 11.6 Å². The van der Waals surface area contributed by atoms with Crippen molar-refractivity contribution >= 4 is 23.5 Å². The summed E-state index contributed by atoms with van der Waals surface area (Å²) in [4.78, 5) is 23.1. The van der Waals surface area contributed by atoms with E-state index in [4.69, 9.17) is 16.3 Å². The zero-order valence-electron chi connectivity index (χ0n) is 11.2. The van der Waals surface area contributed by atoms with E-state index < -0.39 is 17.6 Å². The van der Waals surface area contributed by atoms with Crippen LogP contribution in [-0.2, 0) is 14.3 Å². The monoisotopic (exact) mass is 263 g/mol. The highest BCUT2D eigenvalue weighted by molar-refractivity contribution is 6.27. The summed E-state index contributed by atoms with van der Waals surface area (Å²) in [7, 11) is 0. The van der Waals surface area contributed by atoms with Crippen molar-refractivity contribution in [2.75, 3.05) is 5.88 Å². The van der Waals surface area contributed by atoms with E-state index in [0.29, 0.717) is 6.42 Å². The predicted molar refractivity (Wildman–Crippen MR) is 68.0 cm³/mol. The number of carbonyl (C=O) groups is 2. The molecule has 0 rings (SSSR count). The quantitative estimate of drug-likeness (QED) is 0.610. The van der Waals surface area contributed by atoms with Crippen LogP contribution < -0.4 is 5.32 Å². The SMILES string of the molecule is CC(C)C[C@@H](NC(=O)CCl)C(=O)OC(C)(C)C. The number of esters is 1. The summed E-state index contributed by atoms with van der Waals surface area (Å²) in [6, 6.07) is -0.625. The van der Waals surface area contributed by atoms with E-state index in [1.165, 1.54) is 0 Å². The van der Waals surface area contributed by atoms with Crippen LogP contribution in [0.4, 0.5) is 0 Å². The summed E-state index contributed by atoms with van der Waals surface area (Å²) in [6.45, 7) is 9.33. The lowest BCUT2D eigenvalue weighted by molar-refractivity contribution is -0.159. The maximum absolute atomic E-state index is 11.9. The number of alkyl halides is 1. The molecule has 0 saturated carbocycles. The number of hydrogen-bond acceptors (Lipinski definition) is 3. The van der Waals surface area contributed by atoms with Gasteiger partial charge in [-0.25, -0.2) is 4.79 Å². The molecular weight excluding hydrogens is 242 g/mol. The summed E-state index contributed by atoms with van der Waals surface area (Å²) < 4.78 is 5.25. The normalized spacial score (nSPS) is 13.4. The van der Waals surface area contributed by atoms with Gasteiger partial charge in [0.1, 0.15) is 17.5 Å². The molecule has 0 radical (unpaired) electrons. The molecule has 0 aliphatic carbocycles. The van der Waals surface area contributed by atoms with Gasteiger partial charge in [0.15, 0.2) is 0 Å². The van der Waals surface area contributed by atoms with Gasteiger partial charge < -0.3 is 10.1 Å². The number of ether oxygens (including phenoxy) is 1. The summed E-state index contributed by atoms with van der Waals surface area (Å²) in [6.07, 6.45) is 0.539. The van der Waals surface area contributed by atoms with Crippen LogP contribution in [0.1, 0.15) is 41.0 Å². The Balaban J connectivity index is 4.56. The van der Waals surface area contributed by atoms with Crippen molar-refractivity contribution in [2.24, 2.45) is 5.92 Å². The lowest BCUT2D eigenvalue weighted by Gasteiger charge is -2.25. The minimum Gasteiger partial charge on any atom is -0.458 e. The largest absolute Gasteiger partial charge is 0.458 e. The van der Waals surface area contributed by atoms with E-state index in [2.05, 4.69) is 5.32 Å². The Morgan fingerprint density at radius 3 is 2.18 bits per heavy atom. The Kier molecular flexibility index (Phi) is 6.53. The maximum atomic E-state index is 11.9. The first kappa shape index (κ1) is 16.2. The van der Waals surface area contributed by atoms with Crippen molar-refractivity contribution in [3.05, 3.63) is 0 Å². The lowest BCUT2D eigenvalue weighted by atomic mass is 10.0. The van der Waals surface area contributed by atoms with Gasteiger partial charge in [-0.2, -0.15) is 0 Å². The second kappa shape index (κ2) is 6.84. The molecule has 0 bridgehead atoms. The van der Waals surface area contributed by atoms with Gasteiger partial charge in [-0.3, -0.25) is 4.79 Å². The summed E-state index contributed by atoms with van der Waals surface area (Å²) in [5.74, 6) is -0.645. The molecule has 0 unspecified atom stereocenters. The molecule has 1 atom stereocenters. The Labute approximate surface area is 108 Å². The summed E-state index contributed by atoms with van der Waals surface area (Å²) >= 11 is 5.41. The highest BCUT2D eigenvalue weighted by Gasteiger charge is 2.26. The molecule has 100 valence electrons. The third-order valence-corrected chi connectivity index (χ3v) is 2.10. The molecule has 0 aliphatic rings. The first-order valence-electron chi connectivity index (χ1n) is 5.74. The third-order valence-electron chi connectivity index (χ3n) is 1.85. The fraction of sp³-hybridized carbons (Fsp3) is 0.833. The second-order valence-electron chi connectivity index (χ2n) is 5.42. The van der Waals surface area contributed by atoms with Crippen LogP contribution in [0, 0.1) is 5.92 Å². The lowest BCUT2D eigenvalue weighted by Crippen LogP contribution is -2.45. The number of rotatable bonds is 5. The average Bonchev–Trinajstić information content (AvgIpc) is 2.13. The first-order chi connectivity index (χ1) is 7.65. The van der Waals surface area contributed by atoms with E-state index in [0.717, 1.165) is 0 Å². The van der Waals surface area contributed by atoms with Gasteiger partial charge in [0.05, 0.1) is 0 Å². The Morgan fingerprint density at radius 2 is 1.82 bits per heavy atom. The molecule has 0 aromatic heterocycles. The van der Waals surface area contributed by atoms with E-state index in [1.54, 1.807) is 20.8 Å². The van der Waals surface area contributed by atoms with Crippen LogP contribution in [0.25, 0.3) is 0 Å². The number of amides is 1. The van der Waals surface area contributed by atoms with Crippen molar-refractivity contribution in [1.29, 1.82) is 0 Å². The van der Waals surface area contributed by atoms with Crippen molar-refractivity contribution in [2.45, 2.75) is 52.7 Å². The minimum absolute atomic E-state index is 0.155. The highest BCUT2D eigenvalue weighted by atomic mass is 35.5. The Morgan fingerprint density at radius 1 is 1.29 bits per heavy atom. The maximum Gasteiger partial charge on any atom is 0.329 e. The van der Waals surface area contributed by atoms with Crippen LogP contribution in [0.2, 0.25) is 0 Å². The first-order valence-corrected chi connectivity index (χ1v) is 6.27. The van der Waals surface area contributed by atoms with Crippen LogP contribution in [0.3, 0.4) is 0 Å². The minimum atomic E-state index is -0.625. The molecule has 4 nitrogen and oxygen atoms in total. The smallest absolute Gasteiger partial charge is 0.329 e. The van der Waals surface area contributed by atoms with Gasteiger partial charge >= 0.3 is 5.97 Å².